The minimum atomic E-state index is -1.01. The number of rotatable bonds is 3. The summed E-state index contributed by atoms with van der Waals surface area (Å²) in [5.74, 6) is -1.01. The molecule has 1 aliphatic rings. The number of carboxylic acid groups (broad SMARTS) is 1. The Morgan fingerprint density at radius 2 is 1.93 bits per heavy atom. The van der Waals surface area contributed by atoms with Crippen molar-refractivity contribution in [3.05, 3.63) is 40.3 Å². The van der Waals surface area contributed by atoms with E-state index in [0.29, 0.717) is 36.0 Å². The van der Waals surface area contributed by atoms with Crippen molar-refractivity contribution >= 4 is 22.8 Å². The summed E-state index contributed by atoms with van der Waals surface area (Å²) in [6, 6.07) is 6.54. The lowest BCUT2D eigenvalue weighted by Gasteiger charge is -2.24. The summed E-state index contributed by atoms with van der Waals surface area (Å²) < 4.78 is 6.71. The van der Waals surface area contributed by atoms with Crippen molar-refractivity contribution in [3.63, 3.8) is 0 Å². The minimum absolute atomic E-state index is 0.275. The molecule has 1 unspecified atom stereocenters. The molecule has 8 heteroatoms. The van der Waals surface area contributed by atoms with E-state index in [1.165, 1.54) is 4.68 Å². The Balaban J connectivity index is 1.93. The van der Waals surface area contributed by atoms with Gasteiger partial charge in [0.2, 0.25) is 0 Å². The van der Waals surface area contributed by atoms with Gasteiger partial charge in [-0.3, -0.25) is 9.59 Å². The van der Waals surface area contributed by atoms with Gasteiger partial charge in [-0.25, -0.2) is 9.48 Å². The van der Waals surface area contributed by atoms with Gasteiger partial charge in [0.05, 0.1) is 23.5 Å². The number of hydrogen-bond donors (Lipinski definition) is 1. The fraction of sp³-hybridized carbons (Fsp3) is 0.474. The summed E-state index contributed by atoms with van der Waals surface area (Å²) in [5, 5.41) is 14.5. The van der Waals surface area contributed by atoms with Gasteiger partial charge in [-0.2, -0.15) is 5.10 Å². The van der Waals surface area contributed by atoms with Crippen LogP contribution in [0.3, 0.4) is 0 Å². The second-order valence-electron chi connectivity index (χ2n) is 7.68. The van der Waals surface area contributed by atoms with Crippen molar-refractivity contribution in [2.45, 2.75) is 45.3 Å². The van der Waals surface area contributed by atoms with Gasteiger partial charge in [0, 0.05) is 18.5 Å². The topological polar surface area (TPSA) is 102 Å². The van der Waals surface area contributed by atoms with Crippen LogP contribution in [-0.2, 0) is 16.0 Å². The molecular formula is C19H23N3O5. The Bertz CT molecular complexity index is 944. The highest BCUT2D eigenvalue weighted by atomic mass is 16.6. The number of likely N-dealkylation sites (tertiary alicyclic amines) is 1. The normalized spacial score (nSPS) is 17.3. The van der Waals surface area contributed by atoms with Crippen molar-refractivity contribution in [2.75, 3.05) is 13.1 Å². The molecule has 1 N–H and O–H groups in total. The molecule has 0 spiro atoms. The first-order chi connectivity index (χ1) is 12.7. The van der Waals surface area contributed by atoms with Gasteiger partial charge < -0.3 is 14.7 Å². The monoisotopic (exact) mass is 373 g/mol. The number of nitrogens with zero attached hydrogens (tertiary/aromatic N) is 3. The average Bonchev–Trinajstić information content (AvgIpc) is 3.05. The molecule has 0 radical (unpaired) electrons. The molecule has 1 aliphatic heterocycles. The van der Waals surface area contributed by atoms with Gasteiger partial charge >= 0.3 is 12.1 Å². The number of carbonyl (C=O) groups is 2. The average molecular weight is 373 g/mol. The lowest BCUT2D eigenvalue weighted by molar-refractivity contribution is -0.136. The summed E-state index contributed by atoms with van der Waals surface area (Å²) in [7, 11) is 0. The number of fused-ring (bicyclic) bond motifs is 1. The molecule has 0 aliphatic carbocycles. The van der Waals surface area contributed by atoms with Crippen LogP contribution in [0.5, 0.6) is 0 Å². The van der Waals surface area contributed by atoms with Crippen LogP contribution in [0.4, 0.5) is 4.79 Å². The fourth-order valence-corrected chi connectivity index (χ4v) is 3.23. The first kappa shape index (κ1) is 18.9. The van der Waals surface area contributed by atoms with Crippen molar-refractivity contribution in [1.29, 1.82) is 0 Å². The van der Waals surface area contributed by atoms with E-state index in [4.69, 9.17) is 4.74 Å². The summed E-state index contributed by atoms with van der Waals surface area (Å²) in [6.07, 6.45) is -0.148. The highest BCUT2D eigenvalue weighted by Crippen LogP contribution is 2.23. The third kappa shape index (κ3) is 4.10. The Kier molecular flexibility index (Phi) is 4.91. The number of ether oxygens (including phenoxy) is 1. The zero-order chi connectivity index (χ0) is 19.8. The van der Waals surface area contributed by atoms with Crippen LogP contribution in [0, 0.1) is 0 Å². The predicted molar refractivity (Wildman–Crippen MR) is 98.8 cm³/mol. The van der Waals surface area contributed by atoms with Crippen LogP contribution in [0.2, 0.25) is 0 Å². The number of amides is 1. The summed E-state index contributed by atoms with van der Waals surface area (Å²) in [4.78, 5) is 37.9. The molecule has 144 valence electrons. The molecule has 1 aromatic carbocycles. The van der Waals surface area contributed by atoms with Gasteiger partial charge in [-0.15, -0.1) is 0 Å². The Labute approximate surface area is 156 Å². The molecular weight excluding hydrogens is 350 g/mol. The standard InChI is InChI=1S/C19H23N3O5/c1-19(2,3)27-18(26)21-9-8-12(11-21)22-17(25)14-7-5-4-6-13(14)15(20-22)10-16(23)24/h4-7,12H,8-11H2,1-3H3,(H,23,24). The third-order valence-corrected chi connectivity index (χ3v) is 4.38. The van der Waals surface area contributed by atoms with E-state index in [9.17, 15) is 19.5 Å². The van der Waals surface area contributed by atoms with E-state index in [2.05, 4.69) is 5.10 Å². The number of aliphatic carboxylic acids is 1. The first-order valence-electron chi connectivity index (χ1n) is 8.86. The van der Waals surface area contributed by atoms with Crippen LogP contribution in [0.25, 0.3) is 10.8 Å². The molecule has 2 aromatic rings. The number of benzene rings is 1. The Morgan fingerprint density at radius 1 is 1.26 bits per heavy atom. The zero-order valence-electron chi connectivity index (χ0n) is 15.6. The predicted octanol–water partition coefficient (Wildman–Crippen LogP) is 2.21. The molecule has 27 heavy (non-hydrogen) atoms. The maximum Gasteiger partial charge on any atom is 0.410 e. The van der Waals surface area contributed by atoms with E-state index >= 15 is 0 Å². The maximum atomic E-state index is 12.9. The molecule has 1 fully saturated rings. The molecule has 0 saturated carbocycles. The van der Waals surface area contributed by atoms with E-state index in [1.807, 2.05) is 0 Å². The van der Waals surface area contributed by atoms with Crippen molar-refractivity contribution in [1.82, 2.24) is 14.7 Å². The number of carbonyl (C=O) groups excluding carboxylic acids is 1. The summed E-state index contributed by atoms with van der Waals surface area (Å²) in [6.45, 7) is 6.14. The highest BCUT2D eigenvalue weighted by molar-refractivity contribution is 5.86. The van der Waals surface area contributed by atoms with Gasteiger partial charge in [0.15, 0.2) is 0 Å². The number of carboxylic acids is 1. The quantitative estimate of drug-likeness (QED) is 0.885. The van der Waals surface area contributed by atoms with Gasteiger partial charge in [-0.05, 0) is 33.3 Å². The second kappa shape index (κ2) is 7.02. The molecule has 1 aromatic heterocycles. The number of aromatic nitrogens is 2. The molecule has 0 bridgehead atoms. The second-order valence-corrected chi connectivity index (χ2v) is 7.68. The first-order valence-corrected chi connectivity index (χ1v) is 8.86. The maximum absolute atomic E-state index is 12.9. The summed E-state index contributed by atoms with van der Waals surface area (Å²) in [5.41, 5.74) is -0.536. The highest BCUT2D eigenvalue weighted by Gasteiger charge is 2.32. The smallest absolute Gasteiger partial charge is 0.410 e. The largest absolute Gasteiger partial charge is 0.481 e. The van der Waals surface area contributed by atoms with E-state index < -0.39 is 17.7 Å². The van der Waals surface area contributed by atoms with E-state index in [-0.39, 0.29) is 18.0 Å². The molecule has 8 nitrogen and oxygen atoms in total. The molecule has 3 rings (SSSR count). The van der Waals surface area contributed by atoms with Gasteiger partial charge in [-0.1, -0.05) is 18.2 Å². The van der Waals surface area contributed by atoms with E-state index in [1.54, 1.807) is 49.9 Å². The van der Waals surface area contributed by atoms with Gasteiger partial charge in [0.1, 0.15) is 5.60 Å². The van der Waals surface area contributed by atoms with Crippen molar-refractivity contribution in [3.8, 4) is 0 Å². The fourth-order valence-electron chi connectivity index (χ4n) is 3.23. The van der Waals surface area contributed by atoms with Crippen LogP contribution >= 0.6 is 0 Å². The molecule has 1 atom stereocenters. The Morgan fingerprint density at radius 3 is 2.56 bits per heavy atom. The van der Waals surface area contributed by atoms with Gasteiger partial charge in [0.25, 0.3) is 5.56 Å². The minimum Gasteiger partial charge on any atom is -0.481 e. The third-order valence-electron chi connectivity index (χ3n) is 4.38. The van der Waals surface area contributed by atoms with Crippen LogP contribution in [0.15, 0.2) is 29.1 Å². The van der Waals surface area contributed by atoms with Crippen molar-refractivity contribution in [2.24, 2.45) is 0 Å². The number of hydrogen-bond acceptors (Lipinski definition) is 5. The summed E-state index contributed by atoms with van der Waals surface area (Å²) >= 11 is 0. The molecule has 1 amide bonds. The van der Waals surface area contributed by atoms with Crippen LogP contribution in [-0.4, -0.2) is 50.5 Å². The van der Waals surface area contributed by atoms with Crippen LogP contribution < -0.4 is 5.56 Å². The zero-order valence-corrected chi connectivity index (χ0v) is 15.6. The van der Waals surface area contributed by atoms with E-state index in [0.717, 1.165) is 0 Å². The SMILES string of the molecule is CC(C)(C)OC(=O)N1CCC(n2nc(CC(=O)O)c3ccccc3c2=O)C1. The lowest BCUT2D eigenvalue weighted by Crippen LogP contribution is -2.36. The van der Waals surface area contributed by atoms with Crippen molar-refractivity contribution < 1.29 is 19.4 Å². The van der Waals surface area contributed by atoms with Crippen LogP contribution in [0.1, 0.15) is 38.9 Å². The molecule has 2 heterocycles. The molecule has 1 saturated heterocycles. The lowest BCUT2D eigenvalue weighted by atomic mass is 10.1. The Hall–Kier alpha value is -2.90.